The summed E-state index contributed by atoms with van der Waals surface area (Å²) in [5.41, 5.74) is -0.322. The number of hydrogen-bond acceptors (Lipinski definition) is 2. The zero-order valence-electron chi connectivity index (χ0n) is 6.98. The highest BCUT2D eigenvalue weighted by Crippen LogP contribution is 2.30. The Bertz CT molecular complexity index is 333. The van der Waals surface area contributed by atoms with Crippen LogP contribution in [0.2, 0.25) is 5.02 Å². The van der Waals surface area contributed by atoms with Gasteiger partial charge in [0.2, 0.25) is 0 Å². The maximum absolute atomic E-state index is 12.6. The minimum Gasteiger partial charge on any atom is -0.392 e. The van der Waals surface area contributed by atoms with Gasteiger partial charge in [0.15, 0.2) is 0 Å². The Morgan fingerprint density at radius 3 is 2.57 bits per heavy atom. The number of aliphatic hydroxyl groups is 1. The highest BCUT2D eigenvalue weighted by Gasteiger charge is 2.20. The molecule has 14 heavy (non-hydrogen) atoms. The van der Waals surface area contributed by atoms with E-state index in [1.807, 2.05) is 0 Å². The summed E-state index contributed by atoms with van der Waals surface area (Å²) >= 11 is 11.0. The molecule has 6 heteroatoms. The number of nitrogens with zero attached hydrogens (tertiary/aromatic N) is 1. The molecule has 0 aliphatic heterocycles. The van der Waals surface area contributed by atoms with Crippen LogP contribution in [0.25, 0.3) is 0 Å². The van der Waals surface area contributed by atoms with Gasteiger partial charge >= 0.3 is 0 Å². The lowest BCUT2D eigenvalue weighted by Crippen LogP contribution is -2.03. The number of aromatic nitrogens is 1. The molecule has 1 heterocycles. The summed E-state index contributed by atoms with van der Waals surface area (Å²) in [5, 5.41) is 8.90. The molecule has 1 N–H and O–H groups in total. The second kappa shape index (κ2) is 4.87. The average Bonchev–Trinajstić information content (AvgIpc) is 2.17. The first-order valence-corrected chi connectivity index (χ1v) is 4.64. The molecule has 0 aromatic carbocycles. The van der Waals surface area contributed by atoms with Crippen LogP contribution in [0.1, 0.15) is 23.2 Å². The van der Waals surface area contributed by atoms with E-state index in [0.717, 1.165) is 0 Å². The summed E-state index contributed by atoms with van der Waals surface area (Å²) in [6, 6.07) is 0. The third-order valence-electron chi connectivity index (χ3n) is 1.76. The van der Waals surface area contributed by atoms with Gasteiger partial charge in [0.05, 0.1) is 23.2 Å². The van der Waals surface area contributed by atoms with Crippen LogP contribution in [0.3, 0.4) is 0 Å². The predicted molar refractivity (Wildman–Crippen MR) is 49.7 cm³/mol. The van der Waals surface area contributed by atoms with Crippen molar-refractivity contribution in [3.8, 4) is 0 Å². The SMILES string of the molecule is OCc1c(Cl)cnc(CCl)c1C(F)F. The Hall–Kier alpha value is -0.450. The molecule has 0 atom stereocenters. The number of aliphatic hydroxyl groups excluding tert-OH is 1. The highest BCUT2D eigenvalue weighted by molar-refractivity contribution is 6.31. The first-order valence-electron chi connectivity index (χ1n) is 3.73. The van der Waals surface area contributed by atoms with Crippen molar-refractivity contribution in [1.29, 1.82) is 0 Å². The lowest BCUT2D eigenvalue weighted by Gasteiger charge is -2.11. The van der Waals surface area contributed by atoms with E-state index in [4.69, 9.17) is 28.3 Å². The molecule has 0 radical (unpaired) electrons. The summed E-state index contributed by atoms with van der Waals surface area (Å²) in [6.45, 7) is -0.551. The predicted octanol–water partition coefficient (Wildman–Crippen LogP) is 2.90. The Morgan fingerprint density at radius 1 is 1.50 bits per heavy atom. The molecule has 1 aromatic heterocycles. The van der Waals surface area contributed by atoms with Crippen LogP contribution in [0.15, 0.2) is 6.20 Å². The Kier molecular flexibility index (Phi) is 4.04. The Morgan fingerprint density at radius 2 is 2.14 bits per heavy atom. The third kappa shape index (κ3) is 2.13. The zero-order valence-corrected chi connectivity index (χ0v) is 8.49. The van der Waals surface area contributed by atoms with Gasteiger partial charge in [-0.25, -0.2) is 8.78 Å². The van der Waals surface area contributed by atoms with Gasteiger partial charge in [0.25, 0.3) is 6.43 Å². The standard InChI is InChI=1S/C8H7Cl2F2NO/c9-1-6-7(8(11)12)4(3-14)5(10)2-13-6/h2,8,14H,1,3H2. The molecule has 0 fully saturated rings. The van der Waals surface area contributed by atoms with Crippen molar-refractivity contribution in [1.82, 2.24) is 4.98 Å². The van der Waals surface area contributed by atoms with Crippen LogP contribution in [0.5, 0.6) is 0 Å². The smallest absolute Gasteiger partial charge is 0.266 e. The molecular weight excluding hydrogens is 235 g/mol. The summed E-state index contributed by atoms with van der Waals surface area (Å²) in [4.78, 5) is 3.67. The Balaban J connectivity index is 3.36. The fraction of sp³-hybridized carbons (Fsp3) is 0.375. The van der Waals surface area contributed by atoms with Crippen LogP contribution in [-0.4, -0.2) is 10.1 Å². The van der Waals surface area contributed by atoms with E-state index in [1.165, 1.54) is 6.20 Å². The van der Waals surface area contributed by atoms with Gasteiger partial charge in [-0.05, 0) is 0 Å². The monoisotopic (exact) mass is 241 g/mol. The summed E-state index contributed by atoms with van der Waals surface area (Å²) in [7, 11) is 0. The van der Waals surface area contributed by atoms with Gasteiger partial charge in [-0.1, -0.05) is 11.6 Å². The molecule has 2 nitrogen and oxygen atoms in total. The van der Waals surface area contributed by atoms with E-state index in [0.29, 0.717) is 0 Å². The normalized spacial score (nSPS) is 11.0. The second-order valence-corrected chi connectivity index (χ2v) is 3.21. The largest absolute Gasteiger partial charge is 0.392 e. The van der Waals surface area contributed by atoms with E-state index >= 15 is 0 Å². The summed E-state index contributed by atoms with van der Waals surface area (Å²) in [5.74, 6) is -0.135. The maximum Gasteiger partial charge on any atom is 0.266 e. The van der Waals surface area contributed by atoms with Gasteiger partial charge in [0, 0.05) is 17.3 Å². The molecule has 0 spiro atoms. The van der Waals surface area contributed by atoms with Crippen molar-refractivity contribution >= 4 is 23.2 Å². The Labute approximate surface area is 89.5 Å². The van der Waals surface area contributed by atoms with Gasteiger partial charge in [-0.3, -0.25) is 4.98 Å². The van der Waals surface area contributed by atoms with Crippen LogP contribution in [0, 0.1) is 0 Å². The fourth-order valence-corrected chi connectivity index (χ4v) is 1.53. The lowest BCUT2D eigenvalue weighted by molar-refractivity contribution is 0.145. The summed E-state index contributed by atoms with van der Waals surface area (Å²) in [6.07, 6.45) is -1.53. The van der Waals surface area contributed by atoms with E-state index < -0.39 is 13.0 Å². The van der Waals surface area contributed by atoms with Crippen molar-refractivity contribution in [2.45, 2.75) is 18.9 Å². The van der Waals surface area contributed by atoms with Crippen molar-refractivity contribution in [2.75, 3.05) is 0 Å². The van der Waals surface area contributed by atoms with E-state index in [2.05, 4.69) is 4.98 Å². The second-order valence-electron chi connectivity index (χ2n) is 2.54. The molecule has 1 rings (SSSR count). The van der Waals surface area contributed by atoms with Crippen molar-refractivity contribution in [3.05, 3.63) is 28.0 Å². The third-order valence-corrected chi connectivity index (χ3v) is 2.34. The molecule has 0 amide bonds. The van der Waals surface area contributed by atoms with Crippen LogP contribution in [-0.2, 0) is 12.5 Å². The molecular formula is C8H7Cl2F2NO. The molecule has 0 aliphatic carbocycles. The molecule has 0 saturated carbocycles. The first kappa shape index (κ1) is 11.6. The van der Waals surface area contributed by atoms with Crippen molar-refractivity contribution < 1.29 is 13.9 Å². The quantitative estimate of drug-likeness (QED) is 0.826. The average molecular weight is 242 g/mol. The van der Waals surface area contributed by atoms with Crippen molar-refractivity contribution in [3.63, 3.8) is 0 Å². The maximum atomic E-state index is 12.6. The van der Waals surface area contributed by atoms with E-state index in [1.54, 1.807) is 0 Å². The van der Waals surface area contributed by atoms with Crippen molar-refractivity contribution in [2.24, 2.45) is 0 Å². The minimum atomic E-state index is -2.74. The van der Waals surface area contributed by atoms with Crippen LogP contribution >= 0.6 is 23.2 Å². The van der Waals surface area contributed by atoms with Gasteiger partial charge in [-0.2, -0.15) is 0 Å². The van der Waals surface area contributed by atoms with E-state index in [-0.39, 0.29) is 27.7 Å². The number of rotatable bonds is 3. The fourth-order valence-electron chi connectivity index (χ4n) is 1.11. The molecule has 78 valence electrons. The highest BCUT2D eigenvalue weighted by atomic mass is 35.5. The lowest BCUT2D eigenvalue weighted by atomic mass is 10.1. The number of halogens is 4. The first-order chi connectivity index (χ1) is 6.61. The number of alkyl halides is 3. The van der Waals surface area contributed by atoms with Gasteiger partial charge in [-0.15, -0.1) is 11.6 Å². The topological polar surface area (TPSA) is 33.1 Å². The molecule has 0 bridgehead atoms. The minimum absolute atomic E-state index is 0.00711. The van der Waals surface area contributed by atoms with Crippen LogP contribution in [0.4, 0.5) is 8.78 Å². The van der Waals surface area contributed by atoms with Crippen LogP contribution < -0.4 is 0 Å². The molecule has 0 aliphatic rings. The number of pyridine rings is 1. The molecule has 1 aromatic rings. The van der Waals surface area contributed by atoms with Gasteiger partial charge in [0.1, 0.15) is 0 Å². The zero-order chi connectivity index (χ0) is 10.7. The summed E-state index contributed by atoms with van der Waals surface area (Å²) < 4.78 is 25.1. The molecule has 0 unspecified atom stereocenters. The van der Waals surface area contributed by atoms with Gasteiger partial charge < -0.3 is 5.11 Å². The van der Waals surface area contributed by atoms with E-state index in [9.17, 15) is 8.78 Å². The molecule has 0 saturated heterocycles. The number of hydrogen-bond donors (Lipinski definition) is 1.